The molecule has 0 aliphatic rings. The van der Waals surface area contributed by atoms with Crippen LogP contribution in [0.3, 0.4) is 0 Å². The molecule has 4 nitrogen and oxygen atoms in total. The summed E-state index contributed by atoms with van der Waals surface area (Å²) in [6.07, 6.45) is 2.47. The monoisotopic (exact) mass is 168 g/mol. The Labute approximate surface area is 69.9 Å². The number of H-pyrrole nitrogens is 1. The largest absolute Gasteiger partial charge is 0.328 e. The van der Waals surface area contributed by atoms with Crippen LogP contribution in [-0.4, -0.2) is 9.55 Å². The molecule has 1 rings (SSSR count). The molecule has 0 aromatic carbocycles. The number of hydrogen-bond donors (Lipinski definition) is 1. The molecule has 0 saturated heterocycles. The van der Waals surface area contributed by atoms with Crippen LogP contribution in [0.1, 0.15) is 18.9 Å². The summed E-state index contributed by atoms with van der Waals surface area (Å²) in [5.41, 5.74) is -0.0529. The summed E-state index contributed by atoms with van der Waals surface area (Å²) < 4.78 is 1.51. The zero-order chi connectivity index (χ0) is 9.14. The number of nitrogens with zero attached hydrogens (tertiary/aromatic N) is 1. The second kappa shape index (κ2) is 3.38. The van der Waals surface area contributed by atoms with E-state index in [-0.39, 0.29) is 11.2 Å². The van der Waals surface area contributed by atoms with Gasteiger partial charge in [-0.2, -0.15) is 0 Å². The smallest absolute Gasteiger partial charge is 0.300 e. The maximum atomic E-state index is 11.1. The second-order valence-electron chi connectivity index (χ2n) is 2.76. The van der Waals surface area contributed by atoms with Gasteiger partial charge in [-0.15, -0.1) is 0 Å². The highest BCUT2D eigenvalue weighted by molar-refractivity contribution is 5.00. The van der Waals surface area contributed by atoms with Gasteiger partial charge in [0.25, 0.3) is 5.56 Å². The fourth-order valence-corrected chi connectivity index (χ4v) is 1.03. The minimum Gasteiger partial charge on any atom is -0.300 e. The maximum absolute atomic E-state index is 11.1. The van der Waals surface area contributed by atoms with Gasteiger partial charge in [-0.25, -0.2) is 4.79 Å². The second-order valence-corrected chi connectivity index (χ2v) is 2.76. The summed E-state index contributed by atoms with van der Waals surface area (Å²) in [4.78, 5) is 24.3. The van der Waals surface area contributed by atoms with Crippen LogP contribution in [0.4, 0.5) is 0 Å². The van der Waals surface area contributed by atoms with Crippen molar-refractivity contribution in [2.75, 3.05) is 0 Å². The molecular formula is C8H12N2O2. The molecule has 66 valence electrons. The lowest BCUT2D eigenvalue weighted by Gasteiger charge is -2.02. The van der Waals surface area contributed by atoms with Crippen LogP contribution >= 0.6 is 0 Å². The van der Waals surface area contributed by atoms with E-state index in [1.54, 1.807) is 13.1 Å². The standard InChI is InChI=1S/C8H12N2O2/c1-3-4-10-5-6(2)7(11)9-8(10)12/h5H,3-4H2,1-2H3,(H,9,11,12). The molecule has 4 heteroatoms. The first kappa shape index (κ1) is 8.77. The van der Waals surface area contributed by atoms with Crippen molar-refractivity contribution in [1.82, 2.24) is 9.55 Å². The molecule has 0 bridgehead atoms. The van der Waals surface area contributed by atoms with E-state index in [1.165, 1.54) is 4.57 Å². The van der Waals surface area contributed by atoms with Crippen molar-refractivity contribution in [2.45, 2.75) is 26.8 Å². The van der Waals surface area contributed by atoms with E-state index in [4.69, 9.17) is 0 Å². The summed E-state index contributed by atoms with van der Waals surface area (Å²) in [7, 11) is 0. The molecule has 1 aromatic heterocycles. The highest BCUT2D eigenvalue weighted by Gasteiger charge is 1.97. The van der Waals surface area contributed by atoms with Gasteiger partial charge in [0.05, 0.1) is 0 Å². The SMILES string of the molecule is CCCn1cc(C)c(=O)[nH]c1=O. The van der Waals surface area contributed by atoms with Gasteiger partial charge in [-0.1, -0.05) is 6.92 Å². The van der Waals surface area contributed by atoms with Gasteiger partial charge in [0.2, 0.25) is 0 Å². The summed E-state index contributed by atoms with van der Waals surface area (Å²) in [6.45, 7) is 4.31. The fraction of sp³-hybridized carbons (Fsp3) is 0.500. The molecule has 0 radical (unpaired) electrons. The Morgan fingerprint density at radius 3 is 2.75 bits per heavy atom. The third kappa shape index (κ3) is 1.64. The Bertz CT molecular complexity index is 375. The summed E-state index contributed by atoms with van der Waals surface area (Å²) in [6, 6.07) is 0. The van der Waals surface area contributed by atoms with E-state index in [1.807, 2.05) is 6.92 Å². The third-order valence-electron chi connectivity index (χ3n) is 1.65. The molecule has 0 saturated carbocycles. The molecule has 1 aromatic rings. The number of nitrogens with one attached hydrogen (secondary N) is 1. The zero-order valence-electron chi connectivity index (χ0n) is 7.26. The van der Waals surface area contributed by atoms with Gasteiger partial charge in [0, 0.05) is 18.3 Å². The molecule has 1 heterocycles. The van der Waals surface area contributed by atoms with Crippen LogP contribution in [0.2, 0.25) is 0 Å². The number of rotatable bonds is 2. The summed E-state index contributed by atoms with van der Waals surface area (Å²) in [5, 5.41) is 0. The normalized spacial score (nSPS) is 10.2. The molecule has 0 aliphatic carbocycles. The van der Waals surface area contributed by atoms with E-state index in [0.717, 1.165) is 6.42 Å². The van der Waals surface area contributed by atoms with Gasteiger partial charge in [-0.3, -0.25) is 9.78 Å². The predicted octanol–water partition coefficient (Wildman–Crippen LogP) is 0.255. The van der Waals surface area contributed by atoms with Gasteiger partial charge in [0.15, 0.2) is 0 Å². The van der Waals surface area contributed by atoms with E-state index in [9.17, 15) is 9.59 Å². The van der Waals surface area contributed by atoms with Crippen molar-refractivity contribution in [3.05, 3.63) is 32.6 Å². The number of aryl methyl sites for hydroxylation is 2. The first-order chi connectivity index (χ1) is 5.65. The van der Waals surface area contributed by atoms with Gasteiger partial charge in [0.1, 0.15) is 0 Å². The predicted molar refractivity (Wildman–Crippen MR) is 46.4 cm³/mol. The van der Waals surface area contributed by atoms with Crippen LogP contribution in [0.5, 0.6) is 0 Å². The Morgan fingerprint density at radius 2 is 2.17 bits per heavy atom. The van der Waals surface area contributed by atoms with Crippen LogP contribution in [0.15, 0.2) is 15.8 Å². The van der Waals surface area contributed by atoms with Gasteiger partial charge < -0.3 is 4.57 Å². The number of aromatic amines is 1. The van der Waals surface area contributed by atoms with Crippen LogP contribution in [-0.2, 0) is 6.54 Å². The maximum Gasteiger partial charge on any atom is 0.328 e. The van der Waals surface area contributed by atoms with Crippen LogP contribution in [0, 0.1) is 6.92 Å². The molecule has 0 unspecified atom stereocenters. The topological polar surface area (TPSA) is 54.9 Å². The fourth-order valence-electron chi connectivity index (χ4n) is 1.03. The summed E-state index contributed by atoms with van der Waals surface area (Å²) >= 11 is 0. The van der Waals surface area contributed by atoms with E-state index in [0.29, 0.717) is 12.1 Å². The zero-order valence-corrected chi connectivity index (χ0v) is 7.26. The molecule has 0 aliphatic heterocycles. The number of aromatic nitrogens is 2. The average Bonchev–Trinajstić information content (AvgIpc) is 2.01. The Balaban J connectivity index is 3.24. The van der Waals surface area contributed by atoms with Crippen molar-refractivity contribution >= 4 is 0 Å². The lowest BCUT2D eigenvalue weighted by Crippen LogP contribution is -2.30. The lowest BCUT2D eigenvalue weighted by atomic mass is 10.4. The van der Waals surface area contributed by atoms with Crippen molar-refractivity contribution in [2.24, 2.45) is 0 Å². The third-order valence-corrected chi connectivity index (χ3v) is 1.65. The van der Waals surface area contributed by atoms with Crippen molar-refractivity contribution in [1.29, 1.82) is 0 Å². The van der Waals surface area contributed by atoms with Crippen LogP contribution in [0.25, 0.3) is 0 Å². The Kier molecular flexibility index (Phi) is 2.47. The molecule has 0 spiro atoms. The average molecular weight is 168 g/mol. The molecule has 0 atom stereocenters. The Hall–Kier alpha value is -1.32. The molecule has 0 fully saturated rings. The molecule has 0 amide bonds. The van der Waals surface area contributed by atoms with Crippen molar-refractivity contribution in [3.63, 3.8) is 0 Å². The highest BCUT2D eigenvalue weighted by atomic mass is 16.2. The van der Waals surface area contributed by atoms with Crippen molar-refractivity contribution < 1.29 is 0 Å². The van der Waals surface area contributed by atoms with Crippen LogP contribution < -0.4 is 11.2 Å². The molecular weight excluding hydrogens is 156 g/mol. The van der Waals surface area contributed by atoms with E-state index < -0.39 is 0 Å². The summed E-state index contributed by atoms with van der Waals surface area (Å²) in [5.74, 6) is 0. The van der Waals surface area contributed by atoms with Gasteiger partial charge in [-0.05, 0) is 13.3 Å². The van der Waals surface area contributed by atoms with Gasteiger partial charge >= 0.3 is 5.69 Å². The van der Waals surface area contributed by atoms with E-state index in [2.05, 4.69) is 4.98 Å². The minimum absolute atomic E-state index is 0.299. The number of hydrogen-bond acceptors (Lipinski definition) is 2. The minimum atomic E-state index is -0.326. The first-order valence-corrected chi connectivity index (χ1v) is 3.95. The molecule has 1 N–H and O–H groups in total. The molecule has 12 heavy (non-hydrogen) atoms. The van der Waals surface area contributed by atoms with Crippen molar-refractivity contribution in [3.8, 4) is 0 Å². The highest BCUT2D eigenvalue weighted by Crippen LogP contribution is 1.86. The lowest BCUT2D eigenvalue weighted by molar-refractivity contribution is 0.628. The van der Waals surface area contributed by atoms with E-state index >= 15 is 0 Å². The quantitative estimate of drug-likeness (QED) is 0.688. The first-order valence-electron chi connectivity index (χ1n) is 3.95. The Morgan fingerprint density at radius 1 is 1.50 bits per heavy atom.